The molecule has 0 aliphatic carbocycles. The number of anilines is 1. The van der Waals surface area contributed by atoms with Gasteiger partial charge in [-0.2, -0.15) is 0 Å². The first kappa shape index (κ1) is 27.2. The molecular weight excluding hydrogens is 582 g/mol. The Labute approximate surface area is 247 Å². The molecule has 0 aromatic heterocycles. The molecule has 3 aliphatic rings. The summed E-state index contributed by atoms with van der Waals surface area (Å²) in [5.41, 5.74) is 1.27. The van der Waals surface area contributed by atoms with Crippen molar-refractivity contribution in [2.75, 3.05) is 11.4 Å². The van der Waals surface area contributed by atoms with Crippen LogP contribution in [0.1, 0.15) is 11.1 Å². The molecule has 3 amide bonds. The summed E-state index contributed by atoms with van der Waals surface area (Å²) in [6.45, 7) is 4.67. The van der Waals surface area contributed by atoms with Crippen LogP contribution in [-0.2, 0) is 32.2 Å². The molecule has 1 spiro atoms. The van der Waals surface area contributed by atoms with E-state index < -0.39 is 29.6 Å². The van der Waals surface area contributed by atoms with Crippen LogP contribution in [0.25, 0.3) is 0 Å². The number of nitrogens with zero attached hydrogens (tertiary/aromatic N) is 2. The Balaban J connectivity index is 1.36. The third-order valence-electron chi connectivity index (χ3n) is 8.13. The maximum Gasteiger partial charge on any atom is 0.253 e. The minimum absolute atomic E-state index is 0.219. The van der Waals surface area contributed by atoms with Gasteiger partial charge in [0, 0.05) is 29.8 Å². The number of hydrogen-bond donors (Lipinski definition) is 1. The molecule has 3 heterocycles. The van der Waals surface area contributed by atoms with E-state index in [-0.39, 0.29) is 30.8 Å². The number of carbonyl (C=O) groups excluding carboxylic acids is 3. The molecule has 6 rings (SSSR count). The van der Waals surface area contributed by atoms with Crippen molar-refractivity contribution in [3.05, 3.63) is 125 Å². The van der Waals surface area contributed by atoms with Crippen LogP contribution in [0.4, 0.5) is 5.69 Å². The minimum atomic E-state index is -1.25. The van der Waals surface area contributed by atoms with Crippen LogP contribution in [0.15, 0.2) is 114 Å². The van der Waals surface area contributed by atoms with Crippen LogP contribution in [0.3, 0.4) is 0 Å². The quantitative estimate of drug-likeness (QED) is 0.358. The first-order valence-electron chi connectivity index (χ1n) is 13.6. The summed E-state index contributed by atoms with van der Waals surface area (Å²) in [7, 11) is 0. The topological polar surface area (TPSA) is 79.0 Å². The monoisotopic (exact) mass is 611 g/mol. The Morgan fingerprint density at radius 1 is 1.00 bits per heavy atom. The van der Waals surface area contributed by atoms with Gasteiger partial charge in [0.05, 0.1) is 17.9 Å². The molecule has 2 saturated heterocycles. The van der Waals surface area contributed by atoms with Gasteiger partial charge in [0.15, 0.2) is 0 Å². The molecule has 3 aliphatic heterocycles. The number of rotatable bonds is 9. The van der Waals surface area contributed by atoms with Crippen molar-refractivity contribution in [2.45, 2.75) is 30.8 Å². The number of benzene rings is 3. The smallest absolute Gasteiger partial charge is 0.253 e. The number of ether oxygens (including phenoxy) is 1. The van der Waals surface area contributed by atoms with E-state index in [0.29, 0.717) is 12.2 Å². The van der Waals surface area contributed by atoms with Crippen molar-refractivity contribution in [1.82, 2.24) is 10.2 Å². The zero-order valence-electron chi connectivity index (χ0n) is 22.4. The summed E-state index contributed by atoms with van der Waals surface area (Å²) in [6, 6.07) is 25.7. The van der Waals surface area contributed by atoms with Gasteiger partial charge < -0.3 is 19.9 Å². The Morgan fingerprint density at radius 3 is 2.32 bits per heavy atom. The van der Waals surface area contributed by atoms with Crippen molar-refractivity contribution in [3.8, 4) is 0 Å². The van der Waals surface area contributed by atoms with Crippen LogP contribution in [-0.4, -0.2) is 46.9 Å². The van der Waals surface area contributed by atoms with E-state index in [1.165, 1.54) is 0 Å². The molecule has 2 fully saturated rings. The standard InChI is InChI=1S/C33H30BrN3O4/c1-2-19-36(25-15-13-24(34)14-16-25)32(40)29-33-18-17-26(41-33)27(30(38)35-20-22-9-5-3-6-10-22)28(33)31(39)37(29)21-23-11-7-4-8-12-23/h2-18,26-29H,1,19-21H2,(H,35,38)/t26-,27+,28+,29-,33+/m0/s1. The van der Waals surface area contributed by atoms with E-state index in [9.17, 15) is 14.4 Å². The predicted octanol–water partition coefficient (Wildman–Crippen LogP) is 4.64. The summed E-state index contributed by atoms with van der Waals surface area (Å²) in [4.78, 5) is 45.7. The van der Waals surface area contributed by atoms with E-state index in [2.05, 4.69) is 27.8 Å². The van der Waals surface area contributed by atoms with Crippen LogP contribution in [0, 0.1) is 11.8 Å². The lowest BCUT2D eigenvalue weighted by molar-refractivity contribution is -0.141. The van der Waals surface area contributed by atoms with Crippen molar-refractivity contribution in [2.24, 2.45) is 11.8 Å². The van der Waals surface area contributed by atoms with Gasteiger partial charge >= 0.3 is 0 Å². The average molecular weight is 613 g/mol. The lowest BCUT2D eigenvalue weighted by Gasteiger charge is -2.36. The second-order valence-electron chi connectivity index (χ2n) is 10.6. The molecular formula is C33H30BrN3O4. The molecule has 7 nitrogen and oxygen atoms in total. The van der Waals surface area contributed by atoms with Crippen LogP contribution < -0.4 is 10.2 Å². The highest BCUT2D eigenvalue weighted by atomic mass is 79.9. The molecule has 0 saturated carbocycles. The maximum absolute atomic E-state index is 14.5. The minimum Gasteiger partial charge on any atom is -0.359 e. The van der Waals surface area contributed by atoms with Gasteiger partial charge in [-0.25, -0.2) is 0 Å². The molecule has 41 heavy (non-hydrogen) atoms. The van der Waals surface area contributed by atoms with Gasteiger partial charge in [-0.3, -0.25) is 14.4 Å². The van der Waals surface area contributed by atoms with E-state index >= 15 is 0 Å². The Hall–Kier alpha value is -4.01. The fraction of sp³-hybridized carbons (Fsp3) is 0.242. The van der Waals surface area contributed by atoms with Crippen molar-refractivity contribution < 1.29 is 19.1 Å². The summed E-state index contributed by atoms with van der Waals surface area (Å²) >= 11 is 3.46. The number of hydrogen-bond acceptors (Lipinski definition) is 4. The van der Waals surface area contributed by atoms with E-state index in [4.69, 9.17) is 4.74 Å². The molecule has 0 unspecified atom stereocenters. The van der Waals surface area contributed by atoms with Gasteiger partial charge in [-0.1, -0.05) is 94.8 Å². The van der Waals surface area contributed by atoms with Crippen LogP contribution in [0.2, 0.25) is 0 Å². The largest absolute Gasteiger partial charge is 0.359 e. The zero-order valence-corrected chi connectivity index (χ0v) is 23.9. The lowest BCUT2D eigenvalue weighted by atomic mass is 9.74. The first-order valence-corrected chi connectivity index (χ1v) is 14.4. The van der Waals surface area contributed by atoms with Gasteiger partial charge in [-0.15, -0.1) is 6.58 Å². The number of amides is 3. The van der Waals surface area contributed by atoms with Gasteiger partial charge in [0.25, 0.3) is 5.91 Å². The number of fused-ring (bicyclic) bond motifs is 1. The predicted molar refractivity (Wildman–Crippen MR) is 159 cm³/mol. The average Bonchev–Trinajstić information content (AvgIpc) is 3.63. The summed E-state index contributed by atoms with van der Waals surface area (Å²) in [5, 5.41) is 3.00. The maximum atomic E-state index is 14.5. The molecule has 3 aromatic rings. The zero-order chi connectivity index (χ0) is 28.6. The van der Waals surface area contributed by atoms with E-state index in [1.54, 1.807) is 15.9 Å². The van der Waals surface area contributed by atoms with E-state index in [1.807, 2.05) is 97.1 Å². The third kappa shape index (κ3) is 4.81. The number of likely N-dealkylation sites (tertiary alicyclic amines) is 1. The van der Waals surface area contributed by atoms with Crippen molar-refractivity contribution in [3.63, 3.8) is 0 Å². The van der Waals surface area contributed by atoms with Crippen LogP contribution >= 0.6 is 15.9 Å². The molecule has 208 valence electrons. The third-order valence-corrected chi connectivity index (χ3v) is 8.66. The highest BCUT2D eigenvalue weighted by Crippen LogP contribution is 2.55. The van der Waals surface area contributed by atoms with E-state index in [0.717, 1.165) is 15.6 Å². The number of carbonyl (C=O) groups is 3. The second kappa shape index (κ2) is 11.1. The SMILES string of the molecule is C=CCN(C(=O)[C@@H]1N(Cc2ccccc2)C(=O)[C@H]2[C@H](C(=O)NCc3ccccc3)[C@@H]3C=C[C@]12O3)c1ccc(Br)cc1. The second-order valence-corrected chi connectivity index (χ2v) is 11.5. The molecule has 3 aromatic carbocycles. The Kier molecular flexibility index (Phi) is 7.36. The fourth-order valence-electron chi connectivity index (χ4n) is 6.32. The summed E-state index contributed by atoms with van der Waals surface area (Å²) < 4.78 is 7.40. The lowest BCUT2D eigenvalue weighted by Crippen LogP contribution is -2.55. The van der Waals surface area contributed by atoms with Crippen molar-refractivity contribution >= 4 is 39.3 Å². The van der Waals surface area contributed by atoms with Crippen molar-refractivity contribution in [1.29, 1.82) is 0 Å². The highest BCUT2D eigenvalue weighted by molar-refractivity contribution is 9.10. The van der Waals surface area contributed by atoms with Gasteiger partial charge in [0.1, 0.15) is 11.6 Å². The fourth-order valence-corrected chi connectivity index (χ4v) is 6.59. The molecule has 0 radical (unpaired) electrons. The van der Waals surface area contributed by atoms with Gasteiger partial charge in [0.2, 0.25) is 11.8 Å². The Bertz CT molecular complexity index is 1490. The van der Waals surface area contributed by atoms with Gasteiger partial charge in [-0.05, 0) is 35.4 Å². The molecule has 2 bridgehead atoms. The Morgan fingerprint density at radius 2 is 1.66 bits per heavy atom. The summed E-state index contributed by atoms with van der Waals surface area (Å²) in [6.07, 6.45) is 4.74. The normalized spacial score (nSPS) is 25.7. The molecule has 8 heteroatoms. The first-order chi connectivity index (χ1) is 19.9. The highest BCUT2D eigenvalue weighted by Gasteiger charge is 2.73. The number of halogens is 1. The molecule has 5 atom stereocenters. The molecule has 1 N–H and O–H groups in total. The van der Waals surface area contributed by atoms with Crippen LogP contribution in [0.5, 0.6) is 0 Å². The number of nitrogens with one attached hydrogen (secondary N) is 1. The summed E-state index contributed by atoms with van der Waals surface area (Å²) in [5.74, 6) is -2.36.